The Labute approximate surface area is 337 Å². The number of aliphatic hydroxyl groups is 1. The number of nitrogens with one attached hydrogen (secondary N) is 3. The number of cyclic esters (lactones) is 1. The number of aliphatic imine (C=N–C) groups is 1. The fourth-order valence-corrected chi connectivity index (χ4v) is 8.69. The molecule has 0 aliphatic carbocycles. The van der Waals surface area contributed by atoms with Gasteiger partial charge in [-0.1, -0.05) is 67.0 Å². The van der Waals surface area contributed by atoms with Crippen LogP contribution in [0, 0.1) is 23.2 Å². The number of carbonyl (C=O) groups excluding carboxylic acids is 5. The topological polar surface area (TPSA) is 176 Å². The lowest BCUT2D eigenvalue weighted by atomic mass is 9.81. The number of thioether (sulfide) groups is 1. The van der Waals surface area contributed by atoms with E-state index in [-0.39, 0.29) is 48.5 Å². The van der Waals surface area contributed by atoms with Gasteiger partial charge in [-0.3, -0.25) is 24.2 Å². The van der Waals surface area contributed by atoms with Gasteiger partial charge >= 0.3 is 5.97 Å². The molecule has 1 saturated heterocycles. The molecule has 4 amide bonds. The SMILES string of the molecule is CC[C@H](C)[C@@H]1NC(=O)[C@H](C)NC(=O)[C@H](Cc2ccc(OC)cc2)NC(=O)CC[C@@H]2CSC(=N2)[C@H](C)[C@@H](O)C[C@H](C)C[C@@H](C(C)(C)C)OC(=O)[C@@H]2CCCN2C1=O. The molecular weight excluding hydrogens is 735 g/mol. The summed E-state index contributed by atoms with van der Waals surface area (Å²) in [4.78, 5) is 75.5. The molecule has 14 heteroatoms. The molecule has 13 nitrogen and oxygen atoms in total. The van der Waals surface area contributed by atoms with Crippen molar-refractivity contribution >= 4 is 46.4 Å². The summed E-state index contributed by atoms with van der Waals surface area (Å²) in [6.07, 6.45) is 2.31. The number of ether oxygens (including phenoxy) is 2. The first-order valence-corrected chi connectivity index (χ1v) is 21.3. The maximum atomic E-state index is 14.2. The number of fused-ring (bicyclic) bond motifs is 2. The zero-order chi connectivity index (χ0) is 41.3. The third kappa shape index (κ3) is 12.2. The van der Waals surface area contributed by atoms with Gasteiger partial charge in [0, 0.05) is 31.1 Å². The van der Waals surface area contributed by atoms with E-state index in [0.717, 1.165) is 10.6 Å². The van der Waals surface area contributed by atoms with Crippen LogP contribution in [0.2, 0.25) is 0 Å². The predicted molar refractivity (Wildman–Crippen MR) is 218 cm³/mol. The number of nitrogens with zero attached hydrogens (tertiary/aromatic N) is 2. The standard InChI is InChI=1S/C42H65N5O8S/c1-10-25(3)36-40(52)47-19-11-12-32(47)41(53)55-34(42(6,7)8)21-24(2)20-33(48)26(4)39-44-29(23-56-39)15-18-35(49)45-31(38(51)43-27(5)37(50)46-36)22-28-13-16-30(54-9)17-14-28/h13-14,16-17,24-27,29,31-34,36,48H,10-12,15,18-23H2,1-9H3,(H,43,51)(H,45,49)(H,46,50)/t24-,25-,26+,27-,29+,31-,32-,33-,34-,36-/m0/s1. The maximum Gasteiger partial charge on any atom is 0.329 e. The van der Waals surface area contributed by atoms with E-state index < -0.39 is 59.6 Å². The van der Waals surface area contributed by atoms with Crippen molar-refractivity contribution in [3.63, 3.8) is 0 Å². The first-order chi connectivity index (χ1) is 26.4. The van der Waals surface area contributed by atoms with E-state index in [1.54, 1.807) is 37.9 Å². The number of hydrogen-bond donors (Lipinski definition) is 4. The first kappa shape index (κ1) is 45.1. The fraction of sp³-hybridized carbons (Fsp3) is 0.714. The van der Waals surface area contributed by atoms with Crippen molar-refractivity contribution < 1.29 is 38.6 Å². The second kappa shape index (κ2) is 20.2. The summed E-state index contributed by atoms with van der Waals surface area (Å²) >= 11 is 1.60. The second-order valence-corrected chi connectivity index (χ2v) is 18.2. The number of hydrogen-bond acceptors (Lipinski definition) is 10. The van der Waals surface area contributed by atoms with Gasteiger partial charge in [-0.15, -0.1) is 11.8 Å². The normalized spacial score (nSPS) is 31.5. The lowest BCUT2D eigenvalue weighted by Gasteiger charge is -2.36. The Hall–Kier alpha value is -3.65. The summed E-state index contributed by atoms with van der Waals surface area (Å²) in [6, 6.07) is 3.31. The summed E-state index contributed by atoms with van der Waals surface area (Å²) in [6.45, 7) is 15.8. The average molecular weight is 800 g/mol. The van der Waals surface area contributed by atoms with Gasteiger partial charge in [0.15, 0.2) is 0 Å². The molecule has 4 rings (SSSR count). The highest BCUT2D eigenvalue weighted by molar-refractivity contribution is 8.14. The quantitative estimate of drug-likeness (QED) is 0.314. The van der Waals surface area contributed by atoms with Gasteiger partial charge in [0.05, 0.1) is 24.3 Å². The number of benzene rings is 1. The first-order valence-electron chi connectivity index (χ1n) is 20.3. The lowest BCUT2D eigenvalue weighted by molar-refractivity contribution is -0.164. The van der Waals surface area contributed by atoms with Crippen LogP contribution in [-0.2, 0) is 35.1 Å². The van der Waals surface area contributed by atoms with E-state index >= 15 is 0 Å². The molecular formula is C42H65N5O8S. The Morgan fingerprint density at radius 2 is 1.70 bits per heavy atom. The Morgan fingerprint density at radius 3 is 2.34 bits per heavy atom. The Morgan fingerprint density at radius 1 is 1.00 bits per heavy atom. The van der Waals surface area contributed by atoms with Crippen molar-refractivity contribution in [3.8, 4) is 5.75 Å². The second-order valence-electron chi connectivity index (χ2n) is 17.2. The van der Waals surface area contributed by atoms with Crippen LogP contribution in [0.25, 0.3) is 0 Å². The molecule has 1 aromatic rings. The molecule has 2 bridgehead atoms. The molecule has 3 aliphatic rings. The third-order valence-electron chi connectivity index (χ3n) is 11.5. The number of methoxy groups -OCH3 is 1. The van der Waals surface area contributed by atoms with Gasteiger partial charge in [0.25, 0.3) is 0 Å². The van der Waals surface area contributed by atoms with Crippen LogP contribution in [-0.4, -0.2) is 106 Å². The summed E-state index contributed by atoms with van der Waals surface area (Å²) in [5, 5.41) is 20.7. The van der Waals surface area contributed by atoms with Crippen LogP contribution in [0.15, 0.2) is 29.3 Å². The number of aliphatic hydroxyl groups excluding tert-OH is 1. The summed E-state index contributed by atoms with van der Waals surface area (Å²) in [5.41, 5.74) is 0.384. The van der Waals surface area contributed by atoms with Crippen molar-refractivity contribution in [2.24, 2.45) is 28.2 Å². The van der Waals surface area contributed by atoms with Crippen LogP contribution in [0.3, 0.4) is 0 Å². The third-order valence-corrected chi connectivity index (χ3v) is 12.8. The minimum atomic E-state index is -1.04. The molecule has 3 heterocycles. The van der Waals surface area contributed by atoms with Crippen molar-refractivity contribution in [1.82, 2.24) is 20.9 Å². The van der Waals surface area contributed by atoms with E-state index in [0.29, 0.717) is 56.6 Å². The number of amides is 4. The molecule has 0 spiro atoms. The highest BCUT2D eigenvalue weighted by Gasteiger charge is 2.42. The van der Waals surface area contributed by atoms with Gasteiger partial charge in [0.1, 0.15) is 36.0 Å². The summed E-state index contributed by atoms with van der Waals surface area (Å²) in [5.74, 6) is -1.37. The number of rotatable bonds is 5. The van der Waals surface area contributed by atoms with Crippen molar-refractivity contribution in [2.45, 2.75) is 149 Å². The smallest absolute Gasteiger partial charge is 0.329 e. The lowest BCUT2D eigenvalue weighted by Crippen LogP contribution is -2.59. The Kier molecular flexibility index (Phi) is 16.2. The van der Waals surface area contributed by atoms with Crippen LogP contribution in [0.5, 0.6) is 5.75 Å². The van der Waals surface area contributed by atoms with Crippen molar-refractivity contribution in [2.75, 3.05) is 19.4 Å². The van der Waals surface area contributed by atoms with Gasteiger partial charge in [-0.2, -0.15) is 0 Å². The Balaban J connectivity index is 1.63. The minimum Gasteiger partial charge on any atom is -0.497 e. The molecule has 0 aromatic heterocycles. The van der Waals surface area contributed by atoms with E-state index in [1.807, 2.05) is 60.6 Å². The fourth-order valence-electron chi connectivity index (χ4n) is 7.44. The van der Waals surface area contributed by atoms with Crippen molar-refractivity contribution in [1.29, 1.82) is 0 Å². The van der Waals surface area contributed by atoms with E-state index in [2.05, 4.69) is 16.0 Å². The molecule has 10 atom stereocenters. The predicted octanol–water partition coefficient (Wildman–Crippen LogP) is 4.43. The van der Waals surface area contributed by atoms with Crippen LogP contribution < -0.4 is 20.7 Å². The highest BCUT2D eigenvalue weighted by Crippen LogP contribution is 2.34. The number of carbonyl (C=O) groups is 5. The molecule has 4 N–H and O–H groups in total. The Bertz CT molecular complexity index is 1560. The van der Waals surface area contributed by atoms with Gasteiger partial charge in [-0.25, -0.2) is 4.79 Å². The van der Waals surface area contributed by atoms with E-state index in [1.165, 1.54) is 4.90 Å². The molecule has 312 valence electrons. The molecule has 3 aliphatic heterocycles. The summed E-state index contributed by atoms with van der Waals surface area (Å²) in [7, 11) is 1.56. The molecule has 0 unspecified atom stereocenters. The van der Waals surface area contributed by atoms with Crippen molar-refractivity contribution in [3.05, 3.63) is 29.8 Å². The highest BCUT2D eigenvalue weighted by atomic mass is 32.2. The molecule has 1 aromatic carbocycles. The van der Waals surface area contributed by atoms with E-state index in [9.17, 15) is 29.1 Å². The van der Waals surface area contributed by atoms with Gasteiger partial charge in [0.2, 0.25) is 23.6 Å². The maximum absolute atomic E-state index is 14.2. The van der Waals surface area contributed by atoms with E-state index in [4.69, 9.17) is 14.5 Å². The summed E-state index contributed by atoms with van der Waals surface area (Å²) < 4.78 is 11.5. The van der Waals surface area contributed by atoms with Gasteiger partial charge < -0.3 is 35.4 Å². The largest absolute Gasteiger partial charge is 0.497 e. The van der Waals surface area contributed by atoms with Gasteiger partial charge in [-0.05, 0) is 74.0 Å². The van der Waals surface area contributed by atoms with Crippen LogP contribution in [0.4, 0.5) is 0 Å². The molecule has 0 radical (unpaired) electrons. The zero-order valence-corrected chi connectivity index (χ0v) is 35.6. The average Bonchev–Trinajstić information content (AvgIpc) is 3.85. The molecule has 56 heavy (non-hydrogen) atoms. The van der Waals surface area contributed by atoms with Crippen LogP contribution in [0.1, 0.15) is 106 Å². The minimum absolute atomic E-state index is 0.0147. The zero-order valence-electron chi connectivity index (χ0n) is 34.8. The molecule has 0 saturated carbocycles. The monoisotopic (exact) mass is 799 g/mol. The molecule has 1 fully saturated rings. The van der Waals surface area contributed by atoms with Crippen LogP contribution >= 0.6 is 11.8 Å². The number of esters is 1.